The van der Waals surface area contributed by atoms with E-state index in [2.05, 4.69) is 6.07 Å². The van der Waals surface area contributed by atoms with Gasteiger partial charge >= 0.3 is 0 Å². The molecule has 1 rings (SSSR count). The Kier molecular flexibility index (Phi) is 4.67. The van der Waals surface area contributed by atoms with Gasteiger partial charge in [-0.3, -0.25) is 0 Å². The fourth-order valence-corrected chi connectivity index (χ4v) is 1.88. The standard InChI is InChI=1S/C12H12Cl2N2/c1-2-3-8(7-15)12(16)10-5-4-9(13)6-11(10)14/h4-6H,2-3,16H2,1H3/b12-8-. The molecule has 0 amide bonds. The van der Waals surface area contributed by atoms with Crippen LogP contribution in [0.5, 0.6) is 0 Å². The first-order valence-electron chi connectivity index (χ1n) is 4.94. The summed E-state index contributed by atoms with van der Waals surface area (Å²) in [5, 5.41) is 10.00. The number of allylic oxidation sites excluding steroid dienone is 1. The van der Waals surface area contributed by atoms with Crippen molar-refractivity contribution in [1.82, 2.24) is 0 Å². The van der Waals surface area contributed by atoms with E-state index in [-0.39, 0.29) is 0 Å². The minimum absolute atomic E-state index is 0.436. The van der Waals surface area contributed by atoms with Gasteiger partial charge in [-0.1, -0.05) is 36.5 Å². The fourth-order valence-electron chi connectivity index (χ4n) is 1.37. The first-order chi connectivity index (χ1) is 7.60. The van der Waals surface area contributed by atoms with E-state index in [1.807, 2.05) is 6.92 Å². The second kappa shape index (κ2) is 5.79. The first-order valence-corrected chi connectivity index (χ1v) is 5.69. The van der Waals surface area contributed by atoms with Crippen LogP contribution >= 0.6 is 23.2 Å². The van der Waals surface area contributed by atoms with E-state index >= 15 is 0 Å². The molecule has 0 fully saturated rings. The van der Waals surface area contributed by atoms with Crippen molar-refractivity contribution in [2.24, 2.45) is 5.73 Å². The van der Waals surface area contributed by atoms with Crippen LogP contribution in [0.3, 0.4) is 0 Å². The number of nitriles is 1. The minimum Gasteiger partial charge on any atom is -0.397 e. The number of rotatable bonds is 3. The normalized spacial score (nSPS) is 11.9. The molecule has 0 aliphatic rings. The van der Waals surface area contributed by atoms with Crippen LogP contribution in [-0.2, 0) is 0 Å². The third-order valence-electron chi connectivity index (χ3n) is 2.18. The van der Waals surface area contributed by atoms with Crippen LogP contribution in [0, 0.1) is 11.3 Å². The van der Waals surface area contributed by atoms with Gasteiger partial charge in [0.05, 0.1) is 22.4 Å². The maximum Gasteiger partial charge on any atom is 0.0968 e. The molecule has 0 radical (unpaired) electrons. The molecule has 0 aromatic heterocycles. The van der Waals surface area contributed by atoms with Crippen molar-refractivity contribution >= 4 is 28.9 Å². The lowest BCUT2D eigenvalue weighted by atomic mass is 10.0. The van der Waals surface area contributed by atoms with Crippen molar-refractivity contribution in [2.45, 2.75) is 19.8 Å². The van der Waals surface area contributed by atoms with Crippen LogP contribution in [-0.4, -0.2) is 0 Å². The van der Waals surface area contributed by atoms with E-state index in [4.69, 9.17) is 34.2 Å². The molecule has 16 heavy (non-hydrogen) atoms. The van der Waals surface area contributed by atoms with Gasteiger partial charge in [-0.15, -0.1) is 0 Å². The number of nitrogens with zero attached hydrogens (tertiary/aromatic N) is 1. The van der Waals surface area contributed by atoms with Gasteiger partial charge in [-0.05, 0) is 24.6 Å². The van der Waals surface area contributed by atoms with Gasteiger partial charge in [0.1, 0.15) is 0 Å². The lowest BCUT2D eigenvalue weighted by Crippen LogP contribution is -2.01. The molecule has 0 atom stereocenters. The van der Waals surface area contributed by atoms with Gasteiger partial charge in [0.25, 0.3) is 0 Å². The minimum atomic E-state index is 0.436. The molecule has 0 saturated carbocycles. The molecule has 2 N–H and O–H groups in total. The second-order valence-corrected chi connectivity index (χ2v) is 4.22. The van der Waals surface area contributed by atoms with Crippen LogP contribution in [0.15, 0.2) is 23.8 Å². The average molecular weight is 255 g/mol. The molecule has 1 aromatic rings. The lowest BCUT2D eigenvalue weighted by Gasteiger charge is -2.07. The zero-order valence-corrected chi connectivity index (χ0v) is 10.4. The molecule has 4 heteroatoms. The molecule has 1 aromatic carbocycles. The van der Waals surface area contributed by atoms with Crippen molar-refractivity contribution < 1.29 is 0 Å². The van der Waals surface area contributed by atoms with Crippen LogP contribution in [0.2, 0.25) is 10.0 Å². The maximum atomic E-state index is 8.98. The second-order valence-electron chi connectivity index (χ2n) is 3.38. The smallest absolute Gasteiger partial charge is 0.0968 e. The Hall–Kier alpha value is -1.17. The predicted octanol–water partition coefficient (Wildman–Crippen LogP) is 3.99. The average Bonchev–Trinajstić information content (AvgIpc) is 2.25. The summed E-state index contributed by atoms with van der Waals surface area (Å²) in [6, 6.07) is 7.16. The van der Waals surface area contributed by atoms with Gasteiger partial charge in [-0.25, -0.2) is 0 Å². The Balaban J connectivity index is 3.22. The molecule has 2 nitrogen and oxygen atoms in total. The maximum absolute atomic E-state index is 8.98. The summed E-state index contributed by atoms with van der Waals surface area (Å²) in [5.74, 6) is 0. The van der Waals surface area contributed by atoms with E-state index in [9.17, 15) is 0 Å². The van der Waals surface area contributed by atoms with Gasteiger partial charge in [-0.2, -0.15) is 5.26 Å². The lowest BCUT2D eigenvalue weighted by molar-refractivity contribution is 0.929. The summed E-state index contributed by atoms with van der Waals surface area (Å²) in [6.45, 7) is 1.99. The number of halogens is 2. The Labute approximate surface area is 105 Å². The SMILES string of the molecule is CCC/C(C#N)=C(/N)c1ccc(Cl)cc1Cl. The summed E-state index contributed by atoms with van der Waals surface area (Å²) in [6.07, 6.45) is 1.52. The number of nitrogens with two attached hydrogens (primary N) is 1. The fraction of sp³-hybridized carbons (Fsp3) is 0.250. The highest BCUT2D eigenvalue weighted by molar-refractivity contribution is 6.35. The van der Waals surface area contributed by atoms with Gasteiger partial charge in [0.2, 0.25) is 0 Å². The highest BCUT2D eigenvalue weighted by atomic mass is 35.5. The van der Waals surface area contributed by atoms with Crippen molar-refractivity contribution in [3.8, 4) is 6.07 Å². The Bertz CT molecular complexity index is 459. The van der Waals surface area contributed by atoms with Crippen LogP contribution in [0.1, 0.15) is 25.3 Å². The molecule has 0 spiro atoms. The van der Waals surface area contributed by atoms with E-state index in [1.165, 1.54) is 0 Å². The summed E-state index contributed by atoms with van der Waals surface area (Å²) in [7, 11) is 0. The molecule has 84 valence electrons. The molecule has 0 unspecified atom stereocenters. The Morgan fingerprint density at radius 3 is 2.62 bits per heavy atom. The van der Waals surface area contributed by atoms with Crippen molar-refractivity contribution in [3.05, 3.63) is 39.4 Å². The van der Waals surface area contributed by atoms with E-state index in [0.717, 1.165) is 6.42 Å². The van der Waals surface area contributed by atoms with E-state index < -0.39 is 0 Å². The third-order valence-corrected chi connectivity index (χ3v) is 2.73. The highest BCUT2D eigenvalue weighted by Gasteiger charge is 2.09. The van der Waals surface area contributed by atoms with Crippen molar-refractivity contribution in [2.75, 3.05) is 0 Å². The number of hydrogen-bond acceptors (Lipinski definition) is 2. The summed E-state index contributed by atoms with van der Waals surface area (Å²) >= 11 is 11.8. The highest BCUT2D eigenvalue weighted by Crippen LogP contribution is 2.27. The zero-order chi connectivity index (χ0) is 12.1. The summed E-state index contributed by atoms with van der Waals surface area (Å²) in [5.41, 5.74) is 7.58. The molecule has 0 aliphatic heterocycles. The molecule has 0 saturated heterocycles. The summed E-state index contributed by atoms with van der Waals surface area (Å²) in [4.78, 5) is 0. The molecule has 0 bridgehead atoms. The number of benzene rings is 1. The van der Waals surface area contributed by atoms with Crippen LogP contribution in [0.4, 0.5) is 0 Å². The van der Waals surface area contributed by atoms with E-state index in [1.54, 1.807) is 18.2 Å². The van der Waals surface area contributed by atoms with Crippen molar-refractivity contribution in [1.29, 1.82) is 5.26 Å². The quantitative estimate of drug-likeness (QED) is 0.830. The van der Waals surface area contributed by atoms with Crippen LogP contribution < -0.4 is 5.73 Å². The number of hydrogen-bond donors (Lipinski definition) is 1. The molecular weight excluding hydrogens is 243 g/mol. The molecule has 0 aliphatic carbocycles. The Morgan fingerprint density at radius 2 is 2.12 bits per heavy atom. The van der Waals surface area contributed by atoms with Crippen molar-refractivity contribution in [3.63, 3.8) is 0 Å². The first kappa shape index (κ1) is 12.9. The topological polar surface area (TPSA) is 49.8 Å². The van der Waals surface area contributed by atoms with Crippen LogP contribution in [0.25, 0.3) is 5.70 Å². The molecule has 0 heterocycles. The van der Waals surface area contributed by atoms with E-state index in [0.29, 0.717) is 33.3 Å². The van der Waals surface area contributed by atoms with Gasteiger partial charge in [0.15, 0.2) is 0 Å². The Morgan fingerprint density at radius 1 is 1.44 bits per heavy atom. The zero-order valence-electron chi connectivity index (χ0n) is 8.93. The molecular formula is C12H12Cl2N2. The summed E-state index contributed by atoms with van der Waals surface area (Å²) < 4.78 is 0. The van der Waals surface area contributed by atoms with Gasteiger partial charge in [0, 0.05) is 10.6 Å². The third kappa shape index (κ3) is 2.91. The monoisotopic (exact) mass is 254 g/mol. The predicted molar refractivity (Wildman–Crippen MR) is 68.1 cm³/mol. The van der Waals surface area contributed by atoms with Gasteiger partial charge < -0.3 is 5.73 Å². The largest absolute Gasteiger partial charge is 0.397 e.